The number of hydrogen-bond donors (Lipinski definition) is 1. The van der Waals surface area contributed by atoms with Crippen molar-refractivity contribution in [1.82, 2.24) is 10.2 Å². The van der Waals surface area contributed by atoms with E-state index >= 15 is 0 Å². The van der Waals surface area contributed by atoms with Gasteiger partial charge in [0.25, 0.3) is 5.91 Å². The Balaban J connectivity index is 1.32. The fraction of sp³-hybridized carbons (Fsp3) is 0.600. The lowest BCUT2D eigenvalue weighted by Gasteiger charge is -2.44. The van der Waals surface area contributed by atoms with Crippen molar-refractivity contribution in [1.29, 1.82) is 0 Å². The average molecular weight is 427 g/mol. The first-order valence-electron chi connectivity index (χ1n) is 11.8. The standard InChI is InChI=1S/C25H34N2O4/c1-2-3-7-18-14-25(29)31-23-15-20(10-11-21(18)23)30-17-24(28)26-16-19-8-6-13-27-12-5-4-9-22(19)27/h10-11,14-15,19,22H,2-9,12-13,16-17H2,1H3,(H,26,28)/t19-,22-/m1/s1. The Morgan fingerprint density at radius 3 is 2.94 bits per heavy atom. The van der Waals surface area contributed by atoms with E-state index in [-0.39, 0.29) is 18.1 Å². The molecule has 6 nitrogen and oxygen atoms in total. The molecule has 0 aliphatic carbocycles. The first kappa shape index (κ1) is 21.9. The third kappa shape index (κ3) is 5.48. The fourth-order valence-electron chi connectivity index (χ4n) is 5.13. The Bertz CT molecular complexity index is 952. The summed E-state index contributed by atoms with van der Waals surface area (Å²) >= 11 is 0. The van der Waals surface area contributed by atoms with Gasteiger partial charge in [-0.05, 0) is 75.2 Å². The molecule has 0 radical (unpaired) electrons. The number of carbonyl (C=O) groups excluding carboxylic acids is 1. The van der Waals surface area contributed by atoms with Gasteiger partial charge in [0.2, 0.25) is 0 Å². The van der Waals surface area contributed by atoms with Crippen molar-refractivity contribution in [3.63, 3.8) is 0 Å². The number of nitrogens with zero attached hydrogens (tertiary/aromatic N) is 1. The van der Waals surface area contributed by atoms with Gasteiger partial charge in [-0.15, -0.1) is 0 Å². The van der Waals surface area contributed by atoms with Crippen LogP contribution in [0.25, 0.3) is 11.0 Å². The highest BCUT2D eigenvalue weighted by molar-refractivity contribution is 5.82. The molecule has 0 unspecified atom stereocenters. The Kier molecular flexibility index (Phi) is 7.28. The van der Waals surface area contributed by atoms with Crippen LogP contribution in [0.5, 0.6) is 5.75 Å². The fourth-order valence-corrected chi connectivity index (χ4v) is 5.13. The van der Waals surface area contributed by atoms with E-state index in [1.807, 2.05) is 12.1 Å². The molecule has 4 rings (SSSR count). The number of ether oxygens (including phenoxy) is 1. The van der Waals surface area contributed by atoms with E-state index in [9.17, 15) is 9.59 Å². The maximum atomic E-state index is 12.4. The second-order valence-corrected chi connectivity index (χ2v) is 8.95. The molecular weight excluding hydrogens is 392 g/mol. The van der Waals surface area contributed by atoms with E-state index in [0.29, 0.717) is 23.3 Å². The lowest BCUT2D eigenvalue weighted by Crippen LogP contribution is -2.51. The maximum absolute atomic E-state index is 12.4. The van der Waals surface area contributed by atoms with Crippen LogP contribution in [-0.2, 0) is 11.2 Å². The number of nitrogens with one attached hydrogen (secondary N) is 1. The maximum Gasteiger partial charge on any atom is 0.336 e. The van der Waals surface area contributed by atoms with Crippen molar-refractivity contribution in [2.75, 3.05) is 26.2 Å². The van der Waals surface area contributed by atoms with Gasteiger partial charge in [0, 0.05) is 30.1 Å². The molecule has 2 aliphatic heterocycles. The second kappa shape index (κ2) is 10.3. The number of unbranched alkanes of at least 4 members (excludes halogenated alkanes) is 1. The number of piperidine rings is 2. The zero-order valence-corrected chi connectivity index (χ0v) is 18.5. The van der Waals surface area contributed by atoms with E-state index in [1.165, 1.54) is 45.2 Å². The lowest BCUT2D eigenvalue weighted by molar-refractivity contribution is -0.123. The molecule has 1 aromatic heterocycles. The molecule has 1 N–H and O–H groups in total. The average Bonchev–Trinajstić information content (AvgIpc) is 2.79. The minimum Gasteiger partial charge on any atom is -0.484 e. The second-order valence-electron chi connectivity index (χ2n) is 8.95. The number of aryl methyl sites for hydroxylation is 1. The summed E-state index contributed by atoms with van der Waals surface area (Å²) in [7, 11) is 0. The Morgan fingerprint density at radius 1 is 1.19 bits per heavy atom. The van der Waals surface area contributed by atoms with Gasteiger partial charge in [0.15, 0.2) is 6.61 Å². The van der Waals surface area contributed by atoms with Crippen LogP contribution in [0.2, 0.25) is 0 Å². The van der Waals surface area contributed by atoms with Crippen molar-refractivity contribution >= 4 is 16.9 Å². The number of amides is 1. The summed E-state index contributed by atoms with van der Waals surface area (Å²) in [5.41, 5.74) is 1.16. The van der Waals surface area contributed by atoms with Crippen molar-refractivity contribution in [2.45, 2.75) is 64.3 Å². The molecule has 2 aliphatic rings. The van der Waals surface area contributed by atoms with Gasteiger partial charge in [-0.2, -0.15) is 0 Å². The van der Waals surface area contributed by atoms with Gasteiger partial charge in [0.05, 0.1) is 0 Å². The van der Waals surface area contributed by atoms with Crippen LogP contribution >= 0.6 is 0 Å². The van der Waals surface area contributed by atoms with Crippen LogP contribution < -0.4 is 15.7 Å². The van der Waals surface area contributed by atoms with E-state index in [2.05, 4.69) is 17.1 Å². The van der Waals surface area contributed by atoms with Crippen molar-refractivity contribution in [3.05, 3.63) is 40.2 Å². The minimum atomic E-state index is -0.349. The Hall–Kier alpha value is -2.34. The van der Waals surface area contributed by atoms with Crippen molar-refractivity contribution in [3.8, 4) is 5.75 Å². The molecule has 1 amide bonds. The predicted molar refractivity (Wildman–Crippen MR) is 122 cm³/mol. The highest BCUT2D eigenvalue weighted by Gasteiger charge is 2.32. The van der Waals surface area contributed by atoms with Crippen LogP contribution in [0.3, 0.4) is 0 Å². The van der Waals surface area contributed by atoms with E-state index in [4.69, 9.17) is 9.15 Å². The van der Waals surface area contributed by atoms with Gasteiger partial charge in [-0.1, -0.05) is 19.8 Å². The first-order chi connectivity index (χ1) is 15.1. The van der Waals surface area contributed by atoms with Crippen LogP contribution in [-0.4, -0.2) is 43.1 Å². The Labute approximate surface area is 183 Å². The van der Waals surface area contributed by atoms with Crippen LogP contribution in [0.15, 0.2) is 33.5 Å². The summed E-state index contributed by atoms with van der Waals surface area (Å²) in [5, 5.41) is 4.00. The molecular formula is C25H34N2O4. The van der Waals surface area contributed by atoms with E-state index in [1.54, 1.807) is 12.1 Å². The summed E-state index contributed by atoms with van der Waals surface area (Å²) in [4.78, 5) is 26.9. The zero-order valence-electron chi connectivity index (χ0n) is 18.5. The monoisotopic (exact) mass is 426 g/mol. The smallest absolute Gasteiger partial charge is 0.336 e. The Morgan fingerprint density at radius 2 is 2.06 bits per heavy atom. The largest absolute Gasteiger partial charge is 0.484 e. The minimum absolute atomic E-state index is 0.0354. The summed E-state index contributed by atoms with van der Waals surface area (Å²) in [6, 6.07) is 7.65. The van der Waals surface area contributed by atoms with Gasteiger partial charge in [-0.3, -0.25) is 4.79 Å². The molecule has 31 heavy (non-hydrogen) atoms. The first-order valence-corrected chi connectivity index (χ1v) is 11.8. The third-order valence-electron chi connectivity index (χ3n) is 6.76. The molecule has 2 fully saturated rings. The van der Waals surface area contributed by atoms with Gasteiger partial charge >= 0.3 is 5.63 Å². The van der Waals surface area contributed by atoms with Crippen LogP contribution in [0.4, 0.5) is 0 Å². The summed E-state index contributed by atoms with van der Waals surface area (Å²) in [6.45, 7) is 5.22. The van der Waals surface area contributed by atoms with Crippen LogP contribution in [0, 0.1) is 5.92 Å². The van der Waals surface area contributed by atoms with Gasteiger partial charge in [-0.25, -0.2) is 4.79 Å². The molecule has 1 aromatic carbocycles. The highest BCUT2D eigenvalue weighted by atomic mass is 16.5. The number of carbonyl (C=O) groups is 1. The molecule has 2 aromatic rings. The molecule has 2 atom stereocenters. The van der Waals surface area contributed by atoms with Crippen molar-refractivity contribution < 1.29 is 13.9 Å². The zero-order chi connectivity index (χ0) is 21.6. The molecule has 0 saturated carbocycles. The summed E-state index contributed by atoms with van der Waals surface area (Å²) < 4.78 is 11.1. The topological polar surface area (TPSA) is 71.8 Å². The third-order valence-corrected chi connectivity index (χ3v) is 6.76. The number of fused-ring (bicyclic) bond motifs is 2. The number of hydrogen-bond acceptors (Lipinski definition) is 5. The molecule has 6 heteroatoms. The van der Waals surface area contributed by atoms with E-state index < -0.39 is 0 Å². The summed E-state index contributed by atoms with van der Waals surface area (Å²) in [6.07, 6.45) is 9.19. The lowest BCUT2D eigenvalue weighted by atomic mass is 9.83. The molecule has 3 heterocycles. The number of benzene rings is 1. The SMILES string of the molecule is CCCCc1cc(=O)oc2cc(OCC(=O)NC[C@H]3CCCN4CCCC[C@H]34)ccc12. The number of rotatable bonds is 8. The van der Waals surface area contributed by atoms with Gasteiger partial charge < -0.3 is 19.4 Å². The molecule has 0 spiro atoms. The quantitative estimate of drug-likeness (QED) is 0.649. The highest BCUT2D eigenvalue weighted by Crippen LogP contribution is 2.30. The molecule has 2 saturated heterocycles. The summed E-state index contributed by atoms with van der Waals surface area (Å²) in [5.74, 6) is 0.968. The predicted octanol–water partition coefficient (Wildman–Crippen LogP) is 3.90. The normalized spacial score (nSPS) is 21.6. The van der Waals surface area contributed by atoms with E-state index in [0.717, 1.165) is 36.8 Å². The van der Waals surface area contributed by atoms with Crippen molar-refractivity contribution in [2.24, 2.45) is 5.92 Å². The van der Waals surface area contributed by atoms with Crippen LogP contribution in [0.1, 0.15) is 57.4 Å². The molecule has 0 bridgehead atoms. The molecule has 168 valence electrons. The van der Waals surface area contributed by atoms with Gasteiger partial charge in [0.1, 0.15) is 11.3 Å².